The van der Waals surface area contributed by atoms with E-state index in [2.05, 4.69) is 41.8 Å². The first-order chi connectivity index (χ1) is 7.70. The molecule has 1 fully saturated rings. The highest BCUT2D eigenvalue weighted by atomic mass is 15.1. The Morgan fingerprint density at radius 2 is 2.25 bits per heavy atom. The summed E-state index contributed by atoms with van der Waals surface area (Å²) < 4.78 is 2.36. The summed E-state index contributed by atoms with van der Waals surface area (Å²) in [5, 5.41) is 3.48. The van der Waals surface area contributed by atoms with Crippen LogP contribution in [0.2, 0.25) is 0 Å². The fourth-order valence-corrected chi connectivity index (χ4v) is 2.40. The number of piperidine rings is 1. The van der Waals surface area contributed by atoms with E-state index in [1.807, 2.05) is 6.33 Å². The second-order valence-electron chi connectivity index (χ2n) is 5.25. The van der Waals surface area contributed by atoms with Gasteiger partial charge < -0.3 is 9.88 Å². The first kappa shape index (κ1) is 11.6. The van der Waals surface area contributed by atoms with Gasteiger partial charge in [0.05, 0.1) is 6.33 Å². The molecule has 3 heteroatoms. The molecule has 1 aliphatic rings. The molecule has 1 aromatic heterocycles. The normalized spacial score (nSPS) is 23.6. The first-order valence-corrected chi connectivity index (χ1v) is 6.42. The maximum absolute atomic E-state index is 4.34. The molecule has 1 aromatic rings. The molecule has 2 rings (SSSR count). The van der Waals surface area contributed by atoms with Gasteiger partial charge in [0.1, 0.15) is 0 Å². The van der Waals surface area contributed by atoms with Crippen LogP contribution in [0.15, 0.2) is 12.5 Å². The molecule has 2 heterocycles. The Morgan fingerprint density at radius 3 is 2.88 bits per heavy atom. The van der Waals surface area contributed by atoms with Gasteiger partial charge in [0.2, 0.25) is 0 Å². The van der Waals surface area contributed by atoms with Crippen LogP contribution < -0.4 is 5.32 Å². The van der Waals surface area contributed by atoms with Crippen molar-refractivity contribution >= 4 is 0 Å². The van der Waals surface area contributed by atoms with Crippen molar-refractivity contribution in [1.82, 2.24) is 14.9 Å². The number of nitrogens with zero attached hydrogens (tertiary/aromatic N) is 2. The summed E-state index contributed by atoms with van der Waals surface area (Å²) in [6.45, 7) is 9.11. The van der Waals surface area contributed by atoms with Gasteiger partial charge in [-0.05, 0) is 32.2 Å². The van der Waals surface area contributed by atoms with Crippen LogP contribution in [-0.2, 0) is 0 Å². The lowest BCUT2D eigenvalue weighted by molar-refractivity contribution is 0.372. The summed E-state index contributed by atoms with van der Waals surface area (Å²) in [5.74, 6) is 1.31. The minimum Gasteiger partial charge on any atom is -0.331 e. The number of rotatable bonds is 3. The molecule has 16 heavy (non-hydrogen) atoms. The van der Waals surface area contributed by atoms with Crippen molar-refractivity contribution in [3.8, 4) is 0 Å². The lowest BCUT2D eigenvalue weighted by Gasteiger charge is -2.27. The lowest BCUT2D eigenvalue weighted by Crippen LogP contribution is -2.30. The monoisotopic (exact) mass is 221 g/mol. The van der Waals surface area contributed by atoms with E-state index in [0.717, 1.165) is 6.54 Å². The van der Waals surface area contributed by atoms with Crippen LogP contribution in [0.25, 0.3) is 0 Å². The Bertz CT molecular complexity index is 324. The molecule has 1 aliphatic heterocycles. The summed E-state index contributed by atoms with van der Waals surface area (Å²) in [6.07, 6.45) is 6.63. The third-order valence-electron chi connectivity index (χ3n) is 3.81. The predicted octanol–water partition coefficient (Wildman–Crippen LogP) is 2.57. The van der Waals surface area contributed by atoms with E-state index < -0.39 is 0 Å². The average molecular weight is 221 g/mol. The minimum absolute atomic E-state index is 0.541. The predicted molar refractivity (Wildman–Crippen MR) is 66.6 cm³/mol. The number of aromatic nitrogens is 2. The van der Waals surface area contributed by atoms with Gasteiger partial charge in [0, 0.05) is 30.4 Å². The lowest BCUT2D eigenvalue weighted by atomic mass is 9.95. The third-order valence-corrected chi connectivity index (χ3v) is 3.81. The molecule has 1 N–H and O–H groups in total. The highest BCUT2D eigenvalue weighted by molar-refractivity contribution is 5.09. The second-order valence-corrected chi connectivity index (χ2v) is 5.25. The molecule has 0 amide bonds. The molecule has 0 spiro atoms. The summed E-state index contributed by atoms with van der Waals surface area (Å²) in [7, 11) is 0. The van der Waals surface area contributed by atoms with Crippen molar-refractivity contribution in [2.75, 3.05) is 13.1 Å². The molecule has 0 bridgehead atoms. The number of imidazole rings is 1. The van der Waals surface area contributed by atoms with E-state index in [9.17, 15) is 0 Å². The smallest absolute Gasteiger partial charge is 0.0950 e. The summed E-state index contributed by atoms with van der Waals surface area (Å²) in [6, 6.07) is 0.541. The van der Waals surface area contributed by atoms with E-state index in [4.69, 9.17) is 0 Å². The largest absolute Gasteiger partial charge is 0.331 e. The molecule has 0 aromatic carbocycles. The van der Waals surface area contributed by atoms with E-state index in [-0.39, 0.29) is 0 Å². The van der Waals surface area contributed by atoms with Crippen molar-refractivity contribution in [2.24, 2.45) is 5.92 Å². The van der Waals surface area contributed by atoms with Gasteiger partial charge in [-0.3, -0.25) is 0 Å². The average Bonchev–Trinajstić information content (AvgIpc) is 2.77. The van der Waals surface area contributed by atoms with Gasteiger partial charge in [-0.2, -0.15) is 0 Å². The third kappa shape index (κ3) is 2.29. The van der Waals surface area contributed by atoms with Crippen LogP contribution in [-0.4, -0.2) is 22.6 Å². The van der Waals surface area contributed by atoms with Gasteiger partial charge in [0.25, 0.3) is 0 Å². The van der Waals surface area contributed by atoms with Crippen LogP contribution in [0.5, 0.6) is 0 Å². The Labute approximate surface area is 98.3 Å². The topological polar surface area (TPSA) is 29.9 Å². The highest BCUT2D eigenvalue weighted by Gasteiger charge is 2.21. The fourth-order valence-electron chi connectivity index (χ4n) is 2.40. The van der Waals surface area contributed by atoms with E-state index in [1.54, 1.807) is 0 Å². The van der Waals surface area contributed by atoms with Crippen molar-refractivity contribution in [1.29, 1.82) is 0 Å². The maximum atomic E-state index is 4.34. The van der Waals surface area contributed by atoms with Crippen LogP contribution in [0.1, 0.15) is 51.3 Å². The minimum atomic E-state index is 0.541. The van der Waals surface area contributed by atoms with Gasteiger partial charge in [0.15, 0.2) is 0 Å². The Morgan fingerprint density at radius 1 is 1.44 bits per heavy atom. The molecule has 90 valence electrons. The van der Waals surface area contributed by atoms with E-state index >= 15 is 0 Å². The van der Waals surface area contributed by atoms with Gasteiger partial charge in [-0.15, -0.1) is 0 Å². The number of hydrogen-bond acceptors (Lipinski definition) is 2. The molecule has 1 saturated heterocycles. The van der Waals surface area contributed by atoms with Crippen molar-refractivity contribution in [3.05, 3.63) is 18.2 Å². The standard InChI is InChI=1S/C13H23N3/c1-10(2)11(3)16-9-15-8-13(16)12-5-4-6-14-7-12/h8-12,14H,4-7H2,1-3H3. The van der Waals surface area contributed by atoms with Crippen LogP contribution in [0, 0.1) is 5.92 Å². The van der Waals surface area contributed by atoms with Crippen molar-refractivity contribution < 1.29 is 0 Å². The molecular formula is C13H23N3. The first-order valence-electron chi connectivity index (χ1n) is 6.42. The van der Waals surface area contributed by atoms with Crippen LogP contribution in [0.4, 0.5) is 0 Å². The quantitative estimate of drug-likeness (QED) is 0.850. The van der Waals surface area contributed by atoms with Gasteiger partial charge in [-0.1, -0.05) is 13.8 Å². The summed E-state index contributed by atoms with van der Waals surface area (Å²) in [5.41, 5.74) is 1.41. The van der Waals surface area contributed by atoms with Crippen molar-refractivity contribution in [3.63, 3.8) is 0 Å². The van der Waals surface area contributed by atoms with Gasteiger partial charge >= 0.3 is 0 Å². The fraction of sp³-hybridized carbons (Fsp3) is 0.769. The molecule has 0 saturated carbocycles. The number of nitrogens with one attached hydrogen (secondary N) is 1. The zero-order valence-electron chi connectivity index (χ0n) is 10.6. The van der Waals surface area contributed by atoms with Crippen molar-refractivity contribution in [2.45, 2.75) is 45.6 Å². The summed E-state index contributed by atoms with van der Waals surface area (Å²) in [4.78, 5) is 4.34. The maximum Gasteiger partial charge on any atom is 0.0950 e. The van der Waals surface area contributed by atoms with Crippen LogP contribution in [0.3, 0.4) is 0 Å². The SMILES string of the molecule is CC(C)C(C)n1cncc1C1CCCNC1. The van der Waals surface area contributed by atoms with Crippen LogP contribution >= 0.6 is 0 Å². The highest BCUT2D eigenvalue weighted by Crippen LogP contribution is 2.27. The Hall–Kier alpha value is -0.830. The van der Waals surface area contributed by atoms with Gasteiger partial charge in [-0.25, -0.2) is 4.98 Å². The zero-order chi connectivity index (χ0) is 11.5. The molecule has 2 unspecified atom stereocenters. The Kier molecular flexibility index (Phi) is 3.64. The van der Waals surface area contributed by atoms with E-state index in [1.165, 1.54) is 25.1 Å². The molecule has 0 aliphatic carbocycles. The zero-order valence-corrected chi connectivity index (χ0v) is 10.6. The second kappa shape index (κ2) is 5.00. The molecule has 2 atom stereocenters. The molecule has 0 radical (unpaired) electrons. The summed E-state index contributed by atoms with van der Waals surface area (Å²) >= 11 is 0. The Balaban J connectivity index is 2.17. The molecular weight excluding hydrogens is 198 g/mol. The number of hydrogen-bond donors (Lipinski definition) is 1. The van der Waals surface area contributed by atoms with E-state index in [0.29, 0.717) is 17.9 Å². The molecule has 3 nitrogen and oxygen atoms in total.